The summed E-state index contributed by atoms with van der Waals surface area (Å²) in [6, 6.07) is 46.3. The summed E-state index contributed by atoms with van der Waals surface area (Å²) in [7, 11) is 0. The molecule has 0 saturated carbocycles. The summed E-state index contributed by atoms with van der Waals surface area (Å²) in [6.07, 6.45) is 0. The molecular formula is C31H21Br. The largest absolute Gasteiger partial charge is 0.0719 e. The third kappa shape index (κ3) is 2.75. The summed E-state index contributed by atoms with van der Waals surface area (Å²) < 4.78 is 1.09. The van der Waals surface area contributed by atoms with Crippen molar-refractivity contribution in [2.75, 3.05) is 0 Å². The molecule has 0 saturated heterocycles. The van der Waals surface area contributed by atoms with Gasteiger partial charge < -0.3 is 0 Å². The molecule has 0 amide bonds. The normalized spacial score (nSPS) is 13.4. The molecule has 0 nitrogen and oxygen atoms in total. The van der Waals surface area contributed by atoms with Crippen LogP contribution in [0.3, 0.4) is 0 Å². The maximum Gasteiger partial charge on any atom is 0.0719 e. The van der Waals surface area contributed by atoms with Crippen molar-refractivity contribution in [1.29, 1.82) is 0 Å². The molecular weight excluding hydrogens is 452 g/mol. The molecule has 1 heteroatoms. The van der Waals surface area contributed by atoms with Crippen LogP contribution in [0.25, 0.3) is 22.3 Å². The standard InChI is InChI=1S/C31H21Br/c32-25-20-18-22(19-21-25)26-15-9-16-28-27-14-7-8-17-29(27)31(30(26)28,23-10-3-1-4-11-23)24-12-5-2-6-13-24/h1-21H. The van der Waals surface area contributed by atoms with E-state index in [0.717, 1.165) is 4.47 Å². The fourth-order valence-corrected chi connectivity index (χ4v) is 5.64. The van der Waals surface area contributed by atoms with Crippen molar-refractivity contribution in [1.82, 2.24) is 0 Å². The molecule has 1 aliphatic rings. The Morgan fingerprint density at radius 3 is 1.62 bits per heavy atom. The second kappa shape index (κ2) is 7.62. The molecule has 32 heavy (non-hydrogen) atoms. The van der Waals surface area contributed by atoms with Gasteiger partial charge in [-0.1, -0.05) is 131 Å². The van der Waals surface area contributed by atoms with Gasteiger partial charge in [-0.2, -0.15) is 0 Å². The lowest BCUT2D eigenvalue weighted by molar-refractivity contribution is 0.770. The van der Waals surface area contributed by atoms with Crippen molar-refractivity contribution in [3.8, 4) is 22.3 Å². The van der Waals surface area contributed by atoms with E-state index in [2.05, 4.69) is 143 Å². The Balaban J connectivity index is 1.80. The second-order valence-corrected chi connectivity index (χ2v) is 9.18. The Morgan fingerprint density at radius 1 is 0.438 bits per heavy atom. The second-order valence-electron chi connectivity index (χ2n) is 8.26. The molecule has 5 aromatic carbocycles. The molecule has 0 heterocycles. The van der Waals surface area contributed by atoms with Gasteiger partial charge in [-0.3, -0.25) is 0 Å². The molecule has 0 fully saturated rings. The summed E-state index contributed by atoms with van der Waals surface area (Å²) in [5.41, 5.74) is 10.1. The molecule has 1 aliphatic carbocycles. The third-order valence-electron chi connectivity index (χ3n) is 6.63. The first kappa shape index (κ1) is 19.3. The van der Waals surface area contributed by atoms with Crippen molar-refractivity contribution >= 4 is 15.9 Å². The molecule has 0 aromatic heterocycles. The van der Waals surface area contributed by atoms with Gasteiger partial charge in [0.2, 0.25) is 0 Å². The summed E-state index contributed by atoms with van der Waals surface area (Å²) in [5.74, 6) is 0. The average Bonchev–Trinajstić information content (AvgIpc) is 3.17. The lowest BCUT2D eigenvalue weighted by Crippen LogP contribution is -2.29. The highest BCUT2D eigenvalue weighted by Gasteiger charge is 2.47. The molecule has 0 aliphatic heterocycles. The molecule has 0 N–H and O–H groups in total. The van der Waals surface area contributed by atoms with Gasteiger partial charge in [-0.15, -0.1) is 0 Å². The van der Waals surface area contributed by atoms with Gasteiger partial charge >= 0.3 is 0 Å². The Morgan fingerprint density at radius 2 is 0.969 bits per heavy atom. The molecule has 0 atom stereocenters. The van der Waals surface area contributed by atoms with Crippen molar-refractivity contribution in [3.63, 3.8) is 0 Å². The summed E-state index contributed by atoms with van der Waals surface area (Å²) in [6.45, 7) is 0. The molecule has 0 unspecified atom stereocenters. The zero-order valence-electron chi connectivity index (χ0n) is 17.5. The Labute approximate surface area is 197 Å². The number of fused-ring (bicyclic) bond motifs is 3. The predicted molar refractivity (Wildman–Crippen MR) is 137 cm³/mol. The van der Waals surface area contributed by atoms with E-state index in [1.54, 1.807) is 0 Å². The van der Waals surface area contributed by atoms with Crippen LogP contribution >= 0.6 is 15.9 Å². The minimum atomic E-state index is -0.377. The smallest absolute Gasteiger partial charge is 0.0622 e. The maximum atomic E-state index is 3.60. The molecule has 0 radical (unpaired) electrons. The topological polar surface area (TPSA) is 0 Å². The van der Waals surface area contributed by atoms with E-state index in [-0.39, 0.29) is 5.41 Å². The van der Waals surface area contributed by atoms with Crippen molar-refractivity contribution in [2.24, 2.45) is 0 Å². The lowest BCUT2D eigenvalue weighted by Gasteiger charge is -2.35. The van der Waals surface area contributed by atoms with Gasteiger partial charge in [0.05, 0.1) is 5.41 Å². The highest BCUT2D eigenvalue weighted by molar-refractivity contribution is 9.10. The molecule has 5 aromatic rings. The Bertz CT molecular complexity index is 1360. The van der Waals surface area contributed by atoms with Crippen LogP contribution in [0.2, 0.25) is 0 Å². The summed E-state index contributed by atoms with van der Waals surface area (Å²) in [4.78, 5) is 0. The first-order chi connectivity index (χ1) is 15.8. The maximum absolute atomic E-state index is 3.60. The van der Waals surface area contributed by atoms with Gasteiger partial charge in [-0.05, 0) is 56.6 Å². The van der Waals surface area contributed by atoms with Crippen LogP contribution in [0.5, 0.6) is 0 Å². The SMILES string of the molecule is Brc1ccc(-c2cccc3c2C(c2ccccc2)(c2ccccc2)c2ccccc2-3)cc1. The van der Waals surface area contributed by atoms with Crippen molar-refractivity contribution in [3.05, 3.63) is 154 Å². The van der Waals surface area contributed by atoms with Gasteiger partial charge in [0.15, 0.2) is 0 Å². The fraction of sp³-hybridized carbons (Fsp3) is 0.0323. The first-order valence-electron chi connectivity index (χ1n) is 10.9. The predicted octanol–water partition coefficient (Wildman–Crippen LogP) is 8.48. The fourth-order valence-electron chi connectivity index (χ4n) is 5.37. The minimum Gasteiger partial charge on any atom is -0.0622 e. The minimum absolute atomic E-state index is 0.377. The monoisotopic (exact) mass is 472 g/mol. The molecule has 0 bridgehead atoms. The lowest BCUT2D eigenvalue weighted by atomic mass is 9.66. The highest BCUT2D eigenvalue weighted by Crippen LogP contribution is 2.58. The number of rotatable bonds is 3. The van der Waals surface area contributed by atoms with Gasteiger partial charge in [0.1, 0.15) is 0 Å². The van der Waals surface area contributed by atoms with Crippen LogP contribution in [0, 0.1) is 0 Å². The summed E-state index contributed by atoms with van der Waals surface area (Å²) >= 11 is 3.60. The van der Waals surface area contributed by atoms with E-state index in [9.17, 15) is 0 Å². The van der Waals surface area contributed by atoms with E-state index in [0.29, 0.717) is 0 Å². The van der Waals surface area contributed by atoms with Crippen LogP contribution in [0.15, 0.2) is 132 Å². The number of hydrogen-bond acceptors (Lipinski definition) is 0. The van der Waals surface area contributed by atoms with Crippen LogP contribution < -0.4 is 0 Å². The van der Waals surface area contributed by atoms with E-state index < -0.39 is 0 Å². The third-order valence-corrected chi connectivity index (χ3v) is 7.16. The molecule has 0 spiro atoms. The van der Waals surface area contributed by atoms with E-state index >= 15 is 0 Å². The first-order valence-corrected chi connectivity index (χ1v) is 11.7. The van der Waals surface area contributed by atoms with E-state index in [4.69, 9.17) is 0 Å². The van der Waals surface area contributed by atoms with Gasteiger partial charge in [-0.25, -0.2) is 0 Å². The van der Waals surface area contributed by atoms with Gasteiger partial charge in [0.25, 0.3) is 0 Å². The summed E-state index contributed by atoms with van der Waals surface area (Å²) in [5, 5.41) is 0. The molecule has 6 rings (SSSR count). The molecule has 152 valence electrons. The Kier molecular flexibility index (Phi) is 4.59. The number of halogens is 1. The Hall–Kier alpha value is -3.42. The number of benzene rings is 5. The van der Waals surface area contributed by atoms with Crippen molar-refractivity contribution in [2.45, 2.75) is 5.41 Å². The van der Waals surface area contributed by atoms with Crippen LogP contribution in [0.4, 0.5) is 0 Å². The quantitative estimate of drug-likeness (QED) is 0.242. The van der Waals surface area contributed by atoms with Crippen LogP contribution in [-0.2, 0) is 5.41 Å². The average molecular weight is 473 g/mol. The van der Waals surface area contributed by atoms with E-state index in [1.165, 1.54) is 44.5 Å². The van der Waals surface area contributed by atoms with Crippen LogP contribution in [-0.4, -0.2) is 0 Å². The number of hydrogen-bond donors (Lipinski definition) is 0. The van der Waals surface area contributed by atoms with Crippen LogP contribution in [0.1, 0.15) is 22.3 Å². The highest BCUT2D eigenvalue weighted by atomic mass is 79.9. The van der Waals surface area contributed by atoms with Gasteiger partial charge in [0, 0.05) is 4.47 Å². The zero-order chi connectivity index (χ0) is 21.5. The van der Waals surface area contributed by atoms with Crippen molar-refractivity contribution < 1.29 is 0 Å². The van der Waals surface area contributed by atoms with E-state index in [1.807, 2.05) is 0 Å². The zero-order valence-corrected chi connectivity index (χ0v) is 19.1.